The minimum Gasteiger partial charge on any atom is -0.311 e. The van der Waals surface area contributed by atoms with E-state index in [1.165, 1.54) is 65.8 Å². The normalized spacial score (nSPS) is 19.3. The lowest BCUT2D eigenvalue weighted by Crippen LogP contribution is -2.18. The molecule has 0 spiro atoms. The molecule has 0 radical (unpaired) electrons. The number of para-hydroxylation sites is 1. The van der Waals surface area contributed by atoms with Crippen LogP contribution in [0.15, 0.2) is 197 Å². The van der Waals surface area contributed by atoms with Gasteiger partial charge < -0.3 is 4.90 Å². The minimum absolute atomic E-state index is 0.410. The van der Waals surface area contributed by atoms with Gasteiger partial charge in [0.15, 0.2) is 0 Å². The molecular weight excluding hydrogens is 623 g/mol. The number of anilines is 2. The first-order valence-electron chi connectivity index (χ1n) is 17.9. The molecule has 0 aromatic heterocycles. The van der Waals surface area contributed by atoms with E-state index < -0.39 is 0 Å². The Bertz CT molecular complexity index is 2210. The summed E-state index contributed by atoms with van der Waals surface area (Å²) in [6.45, 7) is 0. The van der Waals surface area contributed by atoms with E-state index >= 15 is 0 Å². The summed E-state index contributed by atoms with van der Waals surface area (Å²) in [5.41, 5.74) is 14.4. The summed E-state index contributed by atoms with van der Waals surface area (Å²) in [5.74, 6) is 0.902. The van der Waals surface area contributed by atoms with Crippen LogP contribution >= 0.6 is 11.8 Å². The summed E-state index contributed by atoms with van der Waals surface area (Å²) in [5, 5.41) is 0. The first-order chi connectivity index (χ1) is 24.8. The highest BCUT2D eigenvalue weighted by Gasteiger charge is 2.34. The third-order valence-corrected chi connectivity index (χ3v) is 11.8. The predicted molar refractivity (Wildman–Crippen MR) is 213 cm³/mol. The van der Waals surface area contributed by atoms with Crippen molar-refractivity contribution in [3.05, 3.63) is 209 Å². The van der Waals surface area contributed by atoms with Crippen molar-refractivity contribution >= 4 is 34.3 Å². The van der Waals surface area contributed by atoms with Crippen LogP contribution in [0, 0.1) is 5.92 Å². The third kappa shape index (κ3) is 5.95. The Balaban J connectivity index is 0.983. The fraction of sp³-hybridized carbons (Fsp3) is 0.125. The van der Waals surface area contributed by atoms with Gasteiger partial charge in [0.2, 0.25) is 0 Å². The summed E-state index contributed by atoms with van der Waals surface area (Å²) < 4.78 is 0. The lowest BCUT2D eigenvalue weighted by molar-refractivity contribution is 0.706. The smallest absolute Gasteiger partial charge is 0.0461 e. The zero-order chi connectivity index (χ0) is 33.3. The SMILES string of the molecule is C1=CCCC(C2C=CC(N(c3ccccc3)c3ccc(-c4ccc(C5=CC(c6ccccc6)=C6Sc7ccccc7C6C5)cc4)cc3)=CC2)=C1. The van der Waals surface area contributed by atoms with Crippen molar-refractivity contribution in [1.29, 1.82) is 0 Å². The topological polar surface area (TPSA) is 3.24 Å². The van der Waals surface area contributed by atoms with Crippen molar-refractivity contribution in [3.8, 4) is 11.1 Å². The number of fused-ring (bicyclic) bond motifs is 3. The van der Waals surface area contributed by atoms with Gasteiger partial charge in [-0.1, -0.05) is 151 Å². The highest BCUT2D eigenvalue weighted by molar-refractivity contribution is 8.03. The lowest BCUT2D eigenvalue weighted by atomic mass is 9.81. The van der Waals surface area contributed by atoms with E-state index in [1.807, 2.05) is 11.8 Å². The maximum atomic E-state index is 2.45. The second kappa shape index (κ2) is 13.5. The van der Waals surface area contributed by atoms with Gasteiger partial charge in [-0.05, 0) is 107 Å². The second-order valence-corrected chi connectivity index (χ2v) is 14.6. The zero-order valence-corrected chi connectivity index (χ0v) is 28.9. The van der Waals surface area contributed by atoms with Crippen LogP contribution in [-0.4, -0.2) is 0 Å². The van der Waals surface area contributed by atoms with Crippen LogP contribution in [0.5, 0.6) is 0 Å². The number of rotatable bonds is 7. The molecule has 5 aromatic rings. The fourth-order valence-corrected chi connectivity index (χ4v) is 9.24. The molecule has 1 nitrogen and oxygen atoms in total. The maximum absolute atomic E-state index is 2.45. The number of hydrogen-bond acceptors (Lipinski definition) is 2. The van der Waals surface area contributed by atoms with Crippen molar-refractivity contribution < 1.29 is 0 Å². The first-order valence-corrected chi connectivity index (χ1v) is 18.7. The Labute approximate surface area is 300 Å². The molecule has 2 heteroatoms. The van der Waals surface area contributed by atoms with Crippen LogP contribution in [0.1, 0.15) is 48.3 Å². The number of allylic oxidation sites excluding steroid dienone is 11. The van der Waals surface area contributed by atoms with Gasteiger partial charge >= 0.3 is 0 Å². The van der Waals surface area contributed by atoms with Crippen molar-refractivity contribution in [1.82, 2.24) is 0 Å². The molecule has 0 bridgehead atoms. The van der Waals surface area contributed by atoms with Crippen LogP contribution in [0.4, 0.5) is 11.4 Å². The Hall–Kier alpha value is -5.31. The second-order valence-electron chi connectivity index (χ2n) is 13.5. The molecule has 0 saturated carbocycles. The van der Waals surface area contributed by atoms with Gasteiger partial charge in [0.25, 0.3) is 0 Å². The summed E-state index contributed by atoms with van der Waals surface area (Å²) in [6.07, 6.45) is 20.7. The maximum Gasteiger partial charge on any atom is 0.0461 e. The van der Waals surface area contributed by atoms with Gasteiger partial charge in [-0.15, -0.1) is 0 Å². The molecule has 0 N–H and O–H groups in total. The van der Waals surface area contributed by atoms with E-state index in [0.717, 1.165) is 25.7 Å². The molecule has 9 rings (SSSR count). The van der Waals surface area contributed by atoms with Crippen LogP contribution in [-0.2, 0) is 0 Å². The third-order valence-electron chi connectivity index (χ3n) is 10.5. The molecule has 0 amide bonds. The first kappa shape index (κ1) is 30.7. The van der Waals surface area contributed by atoms with Gasteiger partial charge in [0, 0.05) is 38.7 Å². The van der Waals surface area contributed by atoms with Gasteiger partial charge in [0.1, 0.15) is 0 Å². The highest BCUT2D eigenvalue weighted by atomic mass is 32.2. The summed E-state index contributed by atoms with van der Waals surface area (Å²) in [4.78, 5) is 5.27. The summed E-state index contributed by atoms with van der Waals surface area (Å²) >= 11 is 1.96. The van der Waals surface area contributed by atoms with Crippen LogP contribution in [0.25, 0.3) is 22.3 Å². The van der Waals surface area contributed by atoms with Gasteiger partial charge in [-0.3, -0.25) is 0 Å². The van der Waals surface area contributed by atoms with Crippen molar-refractivity contribution in [2.45, 2.75) is 36.5 Å². The quantitative estimate of drug-likeness (QED) is 0.171. The molecule has 1 aliphatic heterocycles. The van der Waals surface area contributed by atoms with Crippen molar-refractivity contribution in [2.24, 2.45) is 5.92 Å². The molecule has 5 aromatic carbocycles. The number of benzene rings is 5. The summed E-state index contributed by atoms with van der Waals surface area (Å²) in [6, 6.07) is 48.9. The Morgan fingerprint density at radius 2 is 1.32 bits per heavy atom. The molecule has 242 valence electrons. The average molecular weight is 662 g/mol. The Morgan fingerprint density at radius 3 is 2.04 bits per heavy atom. The van der Waals surface area contributed by atoms with E-state index in [9.17, 15) is 0 Å². The molecule has 50 heavy (non-hydrogen) atoms. The minimum atomic E-state index is 0.410. The molecule has 1 heterocycles. The van der Waals surface area contributed by atoms with Crippen molar-refractivity contribution in [3.63, 3.8) is 0 Å². The lowest BCUT2D eigenvalue weighted by Gasteiger charge is -2.30. The molecule has 3 aliphatic carbocycles. The summed E-state index contributed by atoms with van der Waals surface area (Å²) in [7, 11) is 0. The van der Waals surface area contributed by atoms with Crippen LogP contribution in [0.2, 0.25) is 0 Å². The van der Waals surface area contributed by atoms with Gasteiger partial charge in [-0.25, -0.2) is 0 Å². The Kier molecular flexibility index (Phi) is 8.32. The predicted octanol–water partition coefficient (Wildman–Crippen LogP) is 13.3. The molecule has 0 fully saturated rings. The van der Waals surface area contributed by atoms with E-state index in [2.05, 4.69) is 181 Å². The van der Waals surface area contributed by atoms with Gasteiger partial charge in [0.05, 0.1) is 0 Å². The molecule has 2 atom stereocenters. The van der Waals surface area contributed by atoms with Crippen LogP contribution in [0.3, 0.4) is 0 Å². The van der Waals surface area contributed by atoms with Gasteiger partial charge in [-0.2, -0.15) is 0 Å². The largest absolute Gasteiger partial charge is 0.311 e. The van der Waals surface area contributed by atoms with E-state index in [-0.39, 0.29) is 0 Å². The number of thioether (sulfide) groups is 1. The molecular formula is C48H39NS. The molecule has 4 aliphatic rings. The standard InChI is InChI=1S/C48H39NS/c1-4-12-34(13-5-1)36-24-28-42(29-25-36)49(41-16-8-3-9-17-41)43-30-26-37(27-31-43)35-20-22-38(23-21-35)40-32-45(39-14-6-2-7-15-39)48-46(33-40)44-18-10-11-19-47(44)50-48/h1-4,6-12,14-24,26-32,36,46H,5,13,25,33H2. The van der Waals surface area contributed by atoms with E-state index in [0.29, 0.717) is 11.8 Å². The number of nitrogens with zero attached hydrogens (tertiary/aromatic N) is 1. The molecule has 0 saturated heterocycles. The van der Waals surface area contributed by atoms with Crippen LogP contribution < -0.4 is 4.90 Å². The zero-order valence-electron chi connectivity index (χ0n) is 28.1. The highest BCUT2D eigenvalue weighted by Crippen LogP contribution is 2.57. The molecule has 2 unspecified atom stereocenters. The van der Waals surface area contributed by atoms with E-state index in [4.69, 9.17) is 0 Å². The number of hydrogen-bond donors (Lipinski definition) is 0. The van der Waals surface area contributed by atoms with E-state index in [1.54, 1.807) is 5.57 Å². The monoisotopic (exact) mass is 661 g/mol. The average Bonchev–Trinajstić information content (AvgIpc) is 3.58. The fourth-order valence-electron chi connectivity index (χ4n) is 7.89. The Morgan fingerprint density at radius 1 is 0.640 bits per heavy atom. The van der Waals surface area contributed by atoms with Crippen molar-refractivity contribution in [2.75, 3.05) is 4.90 Å².